The fourth-order valence-electron chi connectivity index (χ4n) is 2.46. The molecule has 0 aliphatic carbocycles. The first-order valence-corrected chi connectivity index (χ1v) is 8.63. The number of benzene rings is 2. The standard InChI is InChI=1S/C18H23P/c1-3-4-11-16(2)19(17-12-7-5-8-13-17)18-14-9-6-10-15-18/h5-10,12-16H,3-4,11H2,1-2H3/t16-/m0/s1. The van der Waals surface area contributed by atoms with E-state index in [-0.39, 0.29) is 7.92 Å². The van der Waals surface area contributed by atoms with Crippen molar-refractivity contribution in [3.8, 4) is 0 Å². The summed E-state index contributed by atoms with van der Waals surface area (Å²) in [7, 11) is -0.224. The maximum atomic E-state index is 2.42. The minimum absolute atomic E-state index is 0.224. The zero-order valence-electron chi connectivity index (χ0n) is 11.9. The number of hydrogen-bond acceptors (Lipinski definition) is 0. The van der Waals surface area contributed by atoms with Crippen molar-refractivity contribution in [3.63, 3.8) is 0 Å². The van der Waals surface area contributed by atoms with E-state index < -0.39 is 0 Å². The third kappa shape index (κ3) is 3.91. The van der Waals surface area contributed by atoms with Gasteiger partial charge in [0, 0.05) is 0 Å². The molecule has 0 heterocycles. The van der Waals surface area contributed by atoms with E-state index >= 15 is 0 Å². The van der Waals surface area contributed by atoms with Gasteiger partial charge in [0.05, 0.1) is 0 Å². The molecular weight excluding hydrogens is 247 g/mol. The molecule has 0 saturated heterocycles. The summed E-state index contributed by atoms with van der Waals surface area (Å²) < 4.78 is 0. The van der Waals surface area contributed by atoms with Gasteiger partial charge in [-0.05, 0) is 30.6 Å². The lowest BCUT2D eigenvalue weighted by Gasteiger charge is -2.25. The van der Waals surface area contributed by atoms with Crippen molar-refractivity contribution < 1.29 is 0 Å². The molecule has 0 unspecified atom stereocenters. The summed E-state index contributed by atoms with van der Waals surface area (Å²) in [6, 6.07) is 22.1. The second-order valence-electron chi connectivity index (χ2n) is 5.03. The van der Waals surface area contributed by atoms with E-state index in [4.69, 9.17) is 0 Å². The monoisotopic (exact) mass is 270 g/mol. The average Bonchev–Trinajstić information content (AvgIpc) is 2.47. The molecule has 0 radical (unpaired) electrons. The normalized spacial score (nSPS) is 12.6. The van der Waals surface area contributed by atoms with Crippen LogP contribution in [-0.4, -0.2) is 5.66 Å². The van der Waals surface area contributed by atoms with E-state index in [9.17, 15) is 0 Å². The maximum Gasteiger partial charge on any atom is -0.0157 e. The van der Waals surface area contributed by atoms with E-state index in [0.29, 0.717) is 0 Å². The molecule has 1 atom stereocenters. The number of unbranched alkanes of at least 4 members (excludes halogenated alkanes) is 1. The highest BCUT2D eigenvalue weighted by Gasteiger charge is 2.19. The van der Waals surface area contributed by atoms with E-state index in [0.717, 1.165) is 5.66 Å². The first kappa shape index (κ1) is 14.3. The molecular formula is C18H23P. The van der Waals surface area contributed by atoms with Gasteiger partial charge in [-0.25, -0.2) is 0 Å². The Kier molecular flexibility index (Phi) is 5.61. The van der Waals surface area contributed by atoms with Gasteiger partial charge in [-0.2, -0.15) is 0 Å². The Morgan fingerprint density at radius 1 is 0.842 bits per heavy atom. The molecule has 0 aromatic heterocycles. The summed E-state index contributed by atoms with van der Waals surface area (Å²) in [6.45, 7) is 4.70. The van der Waals surface area contributed by atoms with Crippen molar-refractivity contribution in [3.05, 3.63) is 60.7 Å². The van der Waals surface area contributed by atoms with Gasteiger partial charge in [-0.3, -0.25) is 0 Å². The lowest BCUT2D eigenvalue weighted by atomic mass is 10.2. The molecule has 0 spiro atoms. The SMILES string of the molecule is CCCC[C@H](C)P(c1ccccc1)c1ccccc1. The summed E-state index contributed by atoms with van der Waals surface area (Å²) in [6.07, 6.45) is 3.95. The molecule has 0 fully saturated rings. The molecule has 0 N–H and O–H groups in total. The van der Waals surface area contributed by atoms with Gasteiger partial charge in [0.25, 0.3) is 0 Å². The maximum absolute atomic E-state index is 2.42. The third-order valence-corrected chi connectivity index (χ3v) is 6.33. The van der Waals surface area contributed by atoms with Crippen LogP contribution >= 0.6 is 7.92 Å². The molecule has 19 heavy (non-hydrogen) atoms. The van der Waals surface area contributed by atoms with E-state index in [1.165, 1.54) is 29.9 Å². The Labute approximate surface area is 118 Å². The van der Waals surface area contributed by atoms with Gasteiger partial charge >= 0.3 is 0 Å². The Balaban J connectivity index is 2.29. The van der Waals surface area contributed by atoms with Crippen LogP contribution in [0.2, 0.25) is 0 Å². The smallest absolute Gasteiger partial charge is 0.0157 e. The summed E-state index contributed by atoms with van der Waals surface area (Å²) in [5, 5.41) is 3.01. The summed E-state index contributed by atoms with van der Waals surface area (Å²) in [5.74, 6) is 0. The van der Waals surface area contributed by atoms with Gasteiger partial charge in [0.2, 0.25) is 0 Å². The van der Waals surface area contributed by atoms with Crippen LogP contribution in [0.1, 0.15) is 33.1 Å². The van der Waals surface area contributed by atoms with Crippen LogP contribution in [0.15, 0.2) is 60.7 Å². The van der Waals surface area contributed by atoms with Crippen molar-refractivity contribution in [2.24, 2.45) is 0 Å². The van der Waals surface area contributed by atoms with Crippen LogP contribution in [-0.2, 0) is 0 Å². The molecule has 0 aliphatic rings. The first-order chi connectivity index (χ1) is 9.33. The fraction of sp³-hybridized carbons (Fsp3) is 0.333. The molecule has 100 valence electrons. The largest absolute Gasteiger partial charge is 0.0654 e. The zero-order chi connectivity index (χ0) is 13.5. The molecule has 2 aromatic rings. The third-order valence-electron chi connectivity index (χ3n) is 3.48. The lowest BCUT2D eigenvalue weighted by molar-refractivity contribution is 0.710. The summed E-state index contributed by atoms with van der Waals surface area (Å²) >= 11 is 0. The molecule has 1 heteroatoms. The average molecular weight is 270 g/mol. The van der Waals surface area contributed by atoms with Crippen molar-refractivity contribution in [1.29, 1.82) is 0 Å². The molecule has 0 saturated carbocycles. The topological polar surface area (TPSA) is 0 Å². The Hall–Kier alpha value is -1.13. The Bertz CT molecular complexity index is 424. The van der Waals surface area contributed by atoms with Crippen LogP contribution in [0, 0.1) is 0 Å². The second kappa shape index (κ2) is 7.46. The number of rotatable bonds is 6. The minimum Gasteiger partial charge on any atom is -0.0654 e. The van der Waals surface area contributed by atoms with E-state index in [2.05, 4.69) is 74.5 Å². The highest BCUT2D eigenvalue weighted by atomic mass is 31.1. The van der Waals surface area contributed by atoms with Crippen molar-refractivity contribution in [2.45, 2.75) is 38.8 Å². The Morgan fingerprint density at radius 3 is 1.74 bits per heavy atom. The highest BCUT2D eigenvalue weighted by molar-refractivity contribution is 7.73. The van der Waals surface area contributed by atoms with Crippen molar-refractivity contribution in [1.82, 2.24) is 0 Å². The number of hydrogen-bond donors (Lipinski definition) is 0. The minimum atomic E-state index is -0.224. The van der Waals surface area contributed by atoms with Crippen LogP contribution in [0.25, 0.3) is 0 Å². The Morgan fingerprint density at radius 2 is 1.32 bits per heavy atom. The lowest BCUT2D eigenvalue weighted by Crippen LogP contribution is -2.19. The van der Waals surface area contributed by atoms with Crippen molar-refractivity contribution in [2.75, 3.05) is 0 Å². The second-order valence-corrected chi connectivity index (χ2v) is 7.69. The van der Waals surface area contributed by atoms with Crippen molar-refractivity contribution >= 4 is 18.5 Å². The quantitative estimate of drug-likeness (QED) is 0.667. The molecule has 2 aromatic carbocycles. The summed E-state index contributed by atoms with van der Waals surface area (Å²) in [4.78, 5) is 0. The van der Waals surface area contributed by atoms with Crippen LogP contribution in [0.5, 0.6) is 0 Å². The van der Waals surface area contributed by atoms with Gasteiger partial charge in [0.1, 0.15) is 0 Å². The highest BCUT2D eigenvalue weighted by Crippen LogP contribution is 2.41. The molecule has 2 rings (SSSR count). The van der Waals surface area contributed by atoms with Gasteiger partial charge < -0.3 is 0 Å². The predicted octanol–water partition coefficient (Wildman–Crippen LogP) is 4.70. The van der Waals surface area contributed by atoms with E-state index in [1.807, 2.05) is 0 Å². The fourth-order valence-corrected chi connectivity index (χ4v) is 5.21. The van der Waals surface area contributed by atoms with Crippen LogP contribution in [0.3, 0.4) is 0 Å². The molecule has 0 nitrogen and oxygen atoms in total. The van der Waals surface area contributed by atoms with E-state index in [1.54, 1.807) is 0 Å². The van der Waals surface area contributed by atoms with Crippen LogP contribution < -0.4 is 10.6 Å². The van der Waals surface area contributed by atoms with Gasteiger partial charge in [-0.15, -0.1) is 0 Å². The predicted molar refractivity (Wildman–Crippen MR) is 88.1 cm³/mol. The molecule has 0 bridgehead atoms. The van der Waals surface area contributed by atoms with Crippen LogP contribution in [0.4, 0.5) is 0 Å². The first-order valence-electron chi connectivity index (χ1n) is 7.22. The molecule has 0 amide bonds. The van der Waals surface area contributed by atoms with Gasteiger partial charge in [0.15, 0.2) is 0 Å². The summed E-state index contributed by atoms with van der Waals surface area (Å²) in [5.41, 5.74) is 0.750. The molecule has 0 aliphatic heterocycles. The zero-order valence-corrected chi connectivity index (χ0v) is 12.8. The van der Waals surface area contributed by atoms with Gasteiger partial charge in [-0.1, -0.05) is 87.4 Å².